The first-order valence-corrected chi connectivity index (χ1v) is 4.09. The van der Waals surface area contributed by atoms with Gasteiger partial charge >= 0.3 is 0 Å². The third-order valence-corrected chi connectivity index (χ3v) is 2.16. The minimum atomic E-state index is 0.0310. The summed E-state index contributed by atoms with van der Waals surface area (Å²) in [6.07, 6.45) is 0. The molecule has 0 fully saturated rings. The molecular weight excluding hydrogens is 190 g/mol. The van der Waals surface area contributed by atoms with Crippen LogP contribution in [0.1, 0.15) is 22.3 Å². The molecule has 2 rings (SSSR count). The van der Waals surface area contributed by atoms with E-state index in [4.69, 9.17) is 21.7 Å². The van der Waals surface area contributed by atoms with Crippen LogP contribution in [0.25, 0.3) is 0 Å². The summed E-state index contributed by atoms with van der Waals surface area (Å²) in [5, 5.41) is 25.1. The van der Waals surface area contributed by atoms with Crippen LogP contribution in [0, 0.1) is 28.1 Å². The Morgan fingerprint density at radius 1 is 1.13 bits per heavy atom. The van der Waals surface area contributed by atoms with Gasteiger partial charge in [-0.05, 0) is 12.1 Å². The molecular formula is C10H5N5. The molecule has 5 nitrogen and oxygen atoms in total. The second-order valence-electron chi connectivity index (χ2n) is 3.01. The van der Waals surface area contributed by atoms with Crippen LogP contribution >= 0.6 is 0 Å². The van der Waals surface area contributed by atoms with E-state index in [0.29, 0.717) is 11.1 Å². The highest BCUT2D eigenvalue weighted by molar-refractivity contribution is 6.21. The van der Waals surface area contributed by atoms with Crippen LogP contribution < -0.4 is 5.73 Å². The number of benzene rings is 1. The zero-order valence-electron chi connectivity index (χ0n) is 7.57. The fourth-order valence-corrected chi connectivity index (χ4v) is 1.43. The fraction of sp³-hybridized carbons (Fsp3) is 0. The average Bonchev–Trinajstić information content (AvgIpc) is 2.52. The lowest BCUT2D eigenvalue weighted by Crippen LogP contribution is -2.10. The Hall–Kier alpha value is -2.66. The lowest BCUT2D eigenvalue weighted by atomic mass is 10.00. The minimum absolute atomic E-state index is 0.0310. The van der Waals surface area contributed by atoms with Gasteiger partial charge in [0, 0.05) is 11.1 Å². The number of nitrogens with one attached hydrogen (secondary N) is 1. The second-order valence-corrected chi connectivity index (χ2v) is 3.01. The van der Waals surface area contributed by atoms with Gasteiger partial charge in [0.05, 0.1) is 11.1 Å². The van der Waals surface area contributed by atoms with Crippen LogP contribution in [0.15, 0.2) is 17.1 Å². The van der Waals surface area contributed by atoms with Crippen molar-refractivity contribution in [1.82, 2.24) is 0 Å². The van der Waals surface area contributed by atoms with E-state index in [1.165, 1.54) is 12.1 Å². The summed E-state index contributed by atoms with van der Waals surface area (Å²) in [6.45, 7) is 0. The van der Waals surface area contributed by atoms with E-state index in [1.807, 2.05) is 12.1 Å². The van der Waals surface area contributed by atoms with Gasteiger partial charge in [0.1, 0.15) is 18.0 Å². The molecule has 0 bridgehead atoms. The van der Waals surface area contributed by atoms with E-state index in [1.54, 1.807) is 0 Å². The quantitative estimate of drug-likeness (QED) is 0.627. The van der Waals surface area contributed by atoms with Crippen molar-refractivity contribution in [3.05, 3.63) is 34.4 Å². The van der Waals surface area contributed by atoms with E-state index in [0.717, 1.165) is 0 Å². The Morgan fingerprint density at radius 2 is 1.67 bits per heavy atom. The molecule has 1 aromatic carbocycles. The molecule has 15 heavy (non-hydrogen) atoms. The van der Waals surface area contributed by atoms with E-state index < -0.39 is 0 Å². The number of nitrogens with zero attached hydrogens (tertiary/aromatic N) is 3. The molecule has 3 N–H and O–H groups in total. The van der Waals surface area contributed by atoms with E-state index >= 15 is 0 Å². The summed E-state index contributed by atoms with van der Waals surface area (Å²) in [4.78, 5) is 3.77. The predicted molar refractivity (Wildman–Crippen MR) is 53.4 cm³/mol. The first kappa shape index (κ1) is 8.92. The molecule has 0 spiro atoms. The van der Waals surface area contributed by atoms with Crippen molar-refractivity contribution >= 4 is 11.7 Å². The first-order chi connectivity index (χ1) is 7.17. The van der Waals surface area contributed by atoms with Gasteiger partial charge in [0.15, 0.2) is 5.84 Å². The standard InChI is InChI=1S/C10H5N5/c11-3-5-1-7-8(2-6(5)4-12)10(14)15-9(7)13/h1-2H,(H3,13,14,15). The highest BCUT2D eigenvalue weighted by Gasteiger charge is 2.20. The molecule has 0 aromatic heterocycles. The lowest BCUT2D eigenvalue weighted by Gasteiger charge is -2.00. The molecule has 5 heteroatoms. The summed E-state index contributed by atoms with van der Waals surface area (Å²) >= 11 is 0. The molecule has 1 aliphatic heterocycles. The van der Waals surface area contributed by atoms with Crippen molar-refractivity contribution < 1.29 is 0 Å². The number of fused-ring (bicyclic) bond motifs is 1. The van der Waals surface area contributed by atoms with Gasteiger partial charge in [-0.15, -0.1) is 0 Å². The molecule has 0 unspecified atom stereocenters. The molecule has 1 aromatic rings. The zero-order valence-corrected chi connectivity index (χ0v) is 7.57. The van der Waals surface area contributed by atoms with Crippen molar-refractivity contribution in [3.63, 3.8) is 0 Å². The molecule has 1 heterocycles. The monoisotopic (exact) mass is 195 g/mol. The molecule has 1 aliphatic rings. The van der Waals surface area contributed by atoms with Crippen LogP contribution in [0.5, 0.6) is 0 Å². The predicted octanol–water partition coefficient (Wildman–Crippen LogP) is 0.474. The lowest BCUT2D eigenvalue weighted by molar-refractivity contribution is 1.40. The number of hydrogen-bond donors (Lipinski definition) is 2. The maximum absolute atomic E-state index is 8.80. The smallest absolute Gasteiger partial charge is 0.154 e. The Bertz CT molecular complexity index is 583. The number of aliphatic imine (C=N–C) groups is 1. The van der Waals surface area contributed by atoms with Crippen LogP contribution in [-0.4, -0.2) is 11.7 Å². The zero-order chi connectivity index (χ0) is 11.0. The molecule has 0 saturated carbocycles. The SMILES string of the molecule is N#Cc1cc2c(cc1C#N)C(N)=NC2=N. The number of nitrogens with two attached hydrogens (primary N) is 1. The van der Waals surface area contributed by atoms with Crippen molar-refractivity contribution in [2.75, 3.05) is 0 Å². The van der Waals surface area contributed by atoms with Gasteiger partial charge < -0.3 is 5.73 Å². The van der Waals surface area contributed by atoms with Crippen LogP contribution in [0.3, 0.4) is 0 Å². The van der Waals surface area contributed by atoms with Crippen LogP contribution in [-0.2, 0) is 0 Å². The number of rotatable bonds is 0. The Kier molecular flexibility index (Phi) is 1.74. The van der Waals surface area contributed by atoms with Gasteiger partial charge in [-0.25, -0.2) is 4.99 Å². The van der Waals surface area contributed by atoms with Crippen LogP contribution in [0.2, 0.25) is 0 Å². The third-order valence-electron chi connectivity index (χ3n) is 2.16. The second kappa shape index (κ2) is 2.93. The summed E-state index contributed by atoms with van der Waals surface area (Å²) < 4.78 is 0. The van der Waals surface area contributed by atoms with Gasteiger partial charge in [-0.1, -0.05) is 0 Å². The molecule has 0 aliphatic carbocycles. The summed E-state index contributed by atoms with van der Waals surface area (Å²) in [7, 11) is 0. The number of amidine groups is 2. The Labute approximate surface area is 85.6 Å². The highest BCUT2D eigenvalue weighted by atomic mass is 14.9. The highest BCUT2D eigenvalue weighted by Crippen LogP contribution is 2.21. The van der Waals surface area contributed by atoms with Gasteiger partial charge in [-0.3, -0.25) is 5.41 Å². The van der Waals surface area contributed by atoms with Gasteiger partial charge in [0.2, 0.25) is 0 Å². The molecule has 0 radical (unpaired) electrons. The summed E-state index contributed by atoms with van der Waals surface area (Å²) in [6, 6.07) is 6.77. The van der Waals surface area contributed by atoms with Crippen LogP contribution in [0.4, 0.5) is 0 Å². The van der Waals surface area contributed by atoms with E-state index in [9.17, 15) is 0 Å². The summed E-state index contributed by atoms with van der Waals surface area (Å²) in [5.74, 6) is 0.250. The largest absolute Gasteiger partial charge is 0.383 e. The third kappa shape index (κ3) is 1.15. The van der Waals surface area contributed by atoms with Crippen molar-refractivity contribution in [2.45, 2.75) is 0 Å². The van der Waals surface area contributed by atoms with E-state index in [2.05, 4.69) is 4.99 Å². The van der Waals surface area contributed by atoms with E-state index in [-0.39, 0.29) is 22.8 Å². The Morgan fingerprint density at radius 3 is 2.20 bits per heavy atom. The molecule has 0 saturated heterocycles. The minimum Gasteiger partial charge on any atom is -0.383 e. The van der Waals surface area contributed by atoms with Crippen molar-refractivity contribution in [1.29, 1.82) is 15.9 Å². The maximum atomic E-state index is 8.80. The normalized spacial score (nSPS) is 12.7. The Balaban J connectivity index is 2.77. The topological polar surface area (TPSA) is 110 Å². The van der Waals surface area contributed by atoms with Crippen molar-refractivity contribution in [2.24, 2.45) is 10.7 Å². The summed E-state index contributed by atoms with van der Waals surface area (Å²) in [5.41, 5.74) is 7.12. The molecule has 70 valence electrons. The first-order valence-electron chi connectivity index (χ1n) is 4.09. The average molecular weight is 195 g/mol. The molecule has 0 atom stereocenters. The number of hydrogen-bond acceptors (Lipinski definition) is 4. The molecule has 0 amide bonds. The van der Waals surface area contributed by atoms with Crippen molar-refractivity contribution in [3.8, 4) is 12.1 Å². The number of nitriles is 2. The van der Waals surface area contributed by atoms with Gasteiger partial charge in [-0.2, -0.15) is 10.5 Å². The fourth-order valence-electron chi connectivity index (χ4n) is 1.43. The van der Waals surface area contributed by atoms with Gasteiger partial charge in [0.25, 0.3) is 0 Å². The maximum Gasteiger partial charge on any atom is 0.154 e.